The first-order valence-electron chi connectivity index (χ1n) is 6.87. The summed E-state index contributed by atoms with van der Waals surface area (Å²) in [4.78, 5) is 24.6. The molecule has 0 aliphatic heterocycles. The van der Waals surface area contributed by atoms with Crippen LogP contribution in [0.5, 0.6) is 0 Å². The smallest absolute Gasteiger partial charge is 0.306 e. The van der Waals surface area contributed by atoms with E-state index in [-0.39, 0.29) is 18.5 Å². The lowest BCUT2D eigenvalue weighted by Gasteiger charge is -2.08. The lowest BCUT2D eigenvalue weighted by molar-refractivity contribution is -0.147. The van der Waals surface area contributed by atoms with Gasteiger partial charge >= 0.3 is 5.97 Å². The van der Waals surface area contributed by atoms with Crippen molar-refractivity contribution in [3.63, 3.8) is 0 Å². The molecule has 1 N–H and O–H groups in total. The van der Waals surface area contributed by atoms with Crippen molar-refractivity contribution in [3.05, 3.63) is 51.1 Å². The molecule has 0 unspecified atom stereocenters. The molecule has 2 aromatic rings. The van der Waals surface area contributed by atoms with Crippen LogP contribution in [0.15, 0.2) is 46.3 Å². The number of amides is 1. The summed E-state index contributed by atoms with van der Waals surface area (Å²) in [5.74, 6) is -0.697. The number of hydrogen-bond acceptors (Lipinski definition) is 4. The van der Waals surface area contributed by atoms with Gasteiger partial charge < -0.3 is 10.1 Å². The number of benzene rings is 1. The lowest BCUT2D eigenvalue weighted by Crippen LogP contribution is -2.21. The van der Waals surface area contributed by atoms with Gasteiger partial charge in [0.25, 0.3) is 5.91 Å². The van der Waals surface area contributed by atoms with Crippen LogP contribution in [0.2, 0.25) is 0 Å². The fourth-order valence-corrected chi connectivity index (χ4v) is 2.96. The second-order valence-electron chi connectivity index (χ2n) is 4.62. The molecular weight excluding hydrogens is 366 g/mol. The third-order valence-electron chi connectivity index (χ3n) is 2.90. The number of carbonyl (C=O) groups excluding carboxylic acids is 2. The molecule has 0 fully saturated rings. The van der Waals surface area contributed by atoms with Crippen LogP contribution in [-0.4, -0.2) is 18.5 Å². The number of esters is 1. The van der Waals surface area contributed by atoms with E-state index in [1.807, 2.05) is 35.7 Å². The molecule has 2 rings (SSSR count). The number of carbonyl (C=O) groups is 2. The summed E-state index contributed by atoms with van der Waals surface area (Å²) >= 11 is 5.01. The summed E-state index contributed by atoms with van der Waals surface area (Å²) in [6, 6.07) is 11.3. The topological polar surface area (TPSA) is 55.4 Å². The van der Waals surface area contributed by atoms with Gasteiger partial charge in [0.1, 0.15) is 0 Å². The maximum absolute atomic E-state index is 11.7. The first-order valence-corrected chi connectivity index (χ1v) is 8.55. The summed E-state index contributed by atoms with van der Waals surface area (Å²) in [5, 5.41) is 4.70. The summed E-state index contributed by atoms with van der Waals surface area (Å²) in [7, 11) is 0. The maximum Gasteiger partial charge on any atom is 0.306 e. The molecule has 116 valence electrons. The fourth-order valence-electron chi connectivity index (χ4n) is 1.83. The van der Waals surface area contributed by atoms with Crippen molar-refractivity contribution in [1.29, 1.82) is 0 Å². The van der Waals surface area contributed by atoms with Gasteiger partial charge in [0, 0.05) is 15.8 Å². The number of hydrogen-bond donors (Lipinski definition) is 1. The average Bonchev–Trinajstić information content (AvgIpc) is 3.01. The third-order valence-corrected chi connectivity index (χ3v) is 4.52. The SMILES string of the molecule is O=C(COC(=O)CCCc1cccs1)Nc1ccccc1Br. The van der Waals surface area contributed by atoms with Gasteiger partial charge in [-0.05, 0) is 52.4 Å². The van der Waals surface area contributed by atoms with Crippen LogP contribution in [0.4, 0.5) is 5.69 Å². The van der Waals surface area contributed by atoms with E-state index >= 15 is 0 Å². The van der Waals surface area contributed by atoms with E-state index in [2.05, 4.69) is 21.2 Å². The predicted octanol–water partition coefficient (Wildman–Crippen LogP) is 4.02. The highest BCUT2D eigenvalue weighted by Crippen LogP contribution is 2.20. The Morgan fingerprint density at radius 1 is 1.18 bits per heavy atom. The number of thiophene rings is 1. The standard InChI is InChI=1S/C16H16BrNO3S/c17-13-7-1-2-8-14(13)18-15(19)11-21-16(20)9-3-5-12-6-4-10-22-12/h1-2,4,6-8,10H,3,5,9,11H2,(H,18,19). The van der Waals surface area contributed by atoms with Crippen molar-refractivity contribution >= 4 is 44.8 Å². The van der Waals surface area contributed by atoms with E-state index in [9.17, 15) is 9.59 Å². The number of anilines is 1. The van der Waals surface area contributed by atoms with Crippen molar-refractivity contribution in [3.8, 4) is 0 Å². The van der Waals surface area contributed by atoms with E-state index in [0.29, 0.717) is 12.1 Å². The van der Waals surface area contributed by atoms with Gasteiger partial charge in [0.05, 0.1) is 5.69 Å². The van der Waals surface area contributed by atoms with Crippen molar-refractivity contribution in [2.45, 2.75) is 19.3 Å². The molecule has 22 heavy (non-hydrogen) atoms. The van der Waals surface area contributed by atoms with Crippen LogP contribution in [0.1, 0.15) is 17.7 Å². The molecule has 1 heterocycles. The van der Waals surface area contributed by atoms with Crippen molar-refractivity contribution < 1.29 is 14.3 Å². The molecule has 1 aromatic carbocycles. The monoisotopic (exact) mass is 381 g/mol. The number of halogens is 1. The molecule has 4 nitrogen and oxygen atoms in total. The Hall–Kier alpha value is -1.66. The number of para-hydroxylation sites is 1. The summed E-state index contributed by atoms with van der Waals surface area (Å²) in [6.07, 6.45) is 1.90. The minimum atomic E-state index is -0.349. The molecule has 0 saturated heterocycles. The summed E-state index contributed by atoms with van der Waals surface area (Å²) in [6.45, 7) is -0.265. The molecule has 1 aromatic heterocycles. The number of rotatable bonds is 7. The highest BCUT2D eigenvalue weighted by molar-refractivity contribution is 9.10. The van der Waals surface area contributed by atoms with Gasteiger partial charge in [-0.3, -0.25) is 9.59 Å². The first-order chi connectivity index (χ1) is 10.6. The molecule has 0 atom stereocenters. The van der Waals surface area contributed by atoms with Crippen molar-refractivity contribution in [2.24, 2.45) is 0 Å². The molecule has 0 aliphatic rings. The van der Waals surface area contributed by atoms with Crippen LogP contribution >= 0.6 is 27.3 Å². The maximum atomic E-state index is 11.7. The normalized spacial score (nSPS) is 10.2. The molecule has 0 spiro atoms. The average molecular weight is 382 g/mol. The quantitative estimate of drug-likeness (QED) is 0.736. The van der Waals surface area contributed by atoms with Crippen molar-refractivity contribution in [2.75, 3.05) is 11.9 Å². The van der Waals surface area contributed by atoms with Crippen LogP contribution in [-0.2, 0) is 20.7 Å². The minimum Gasteiger partial charge on any atom is -0.456 e. The van der Waals surface area contributed by atoms with Crippen LogP contribution in [0, 0.1) is 0 Å². The van der Waals surface area contributed by atoms with E-state index in [4.69, 9.17) is 4.74 Å². The Labute approximate surface area is 141 Å². The van der Waals surface area contributed by atoms with E-state index < -0.39 is 0 Å². The zero-order valence-corrected chi connectivity index (χ0v) is 14.3. The van der Waals surface area contributed by atoms with Gasteiger partial charge in [-0.25, -0.2) is 0 Å². The summed E-state index contributed by atoms with van der Waals surface area (Å²) < 4.78 is 5.76. The number of nitrogens with one attached hydrogen (secondary N) is 1. The predicted molar refractivity (Wildman–Crippen MR) is 91.0 cm³/mol. The van der Waals surface area contributed by atoms with Crippen LogP contribution in [0.25, 0.3) is 0 Å². The minimum absolute atomic E-state index is 0.265. The molecule has 6 heteroatoms. The third kappa shape index (κ3) is 5.61. The number of aryl methyl sites for hydroxylation is 1. The van der Waals surface area contributed by atoms with Gasteiger partial charge in [-0.2, -0.15) is 0 Å². The van der Waals surface area contributed by atoms with E-state index in [0.717, 1.165) is 17.3 Å². The zero-order chi connectivity index (χ0) is 15.8. The van der Waals surface area contributed by atoms with Gasteiger partial charge in [0.2, 0.25) is 0 Å². The molecule has 1 amide bonds. The lowest BCUT2D eigenvalue weighted by atomic mass is 10.2. The van der Waals surface area contributed by atoms with Crippen molar-refractivity contribution in [1.82, 2.24) is 0 Å². The Morgan fingerprint density at radius 3 is 2.73 bits per heavy atom. The van der Waals surface area contributed by atoms with Gasteiger partial charge in [0.15, 0.2) is 6.61 Å². The molecule has 0 aliphatic carbocycles. The molecular formula is C16H16BrNO3S. The fraction of sp³-hybridized carbons (Fsp3) is 0.250. The number of ether oxygens (including phenoxy) is 1. The summed E-state index contributed by atoms with van der Waals surface area (Å²) in [5.41, 5.74) is 0.654. The largest absolute Gasteiger partial charge is 0.456 e. The van der Waals surface area contributed by atoms with E-state index in [1.54, 1.807) is 17.4 Å². The molecule has 0 saturated carbocycles. The Bertz CT molecular complexity index is 628. The molecule has 0 radical (unpaired) electrons. The first kappa shape index (κ1) is 16.7. The highest BCUT2D eigenvalue weighted by Gasteiger charge is 2.09. The second kappa shape index (κ2) is 8.70. The highest BCUT2D eigenvalue weighted by atomic mass is 79.9. The van der Waals surface area contributed by atoms with Gasteiger partial charge in [-0.1, -0.05) is 18.2 Å². The van der Waals surface area contributed by atoms with Crippen LogP contribution in [0.3, 0.4) is 0 Å². The van der Waals surface area contributed by atoms with Gasteiger partial charge in [-0.15, -0.1) is 11.3 Å². The van der Waals surface area contributed by atoms with Crippen LogP contribution < -0.4 is 5.32 Å². The Kier molecular flexibility index (Phi) is 6.61. The zero-order valence-electron chi connectivity index (χ0n) is 11.9. The van der Waals surface area contributed by atoms with E-state index in [1.165, 1.54) is 4.88 Å². The second-order valence-corrected chi connectivity index (χ2v) is 6.51. The molecule has 0 bridgehead atoms. The Balaban J connectivity index is 1.65. The Morgan fingerprint density at radius 2 is 2.00 bits per heavy atom.